The molecule has 25 heavy (non-hydrogen) atoms. The SMILES string of the molecule is Cc1ccccc1C1(C(=O)Nc2ccn(CC(=O)O)n2)CCCCC1. The average Bonchev–Trinajstić information content (AvgIpc) is 3.02. The standard InChI is InChI=1S/C19H23N3O3/c1-14-7-3-4-8-15(14)19(10-5-2-6-11-19)18(25)20-16-9-12-22(21-16)13-17(23)24/h3-4,7-9,12H,2,5-6,10-11,13H2,1H3,(H,23,24)(H,20,21,25). The molecule has 6 nitrogen and oxygen atoms in total. The molecule has 2 aromatic rings. The van der Waals surface area contributed by atoms with Gasteiger partial charge < -0.3 is 10.4 Å². The number of aryl methyl sites for hydroxylation is 1. The number of amides is 1. The maximum Gasteiger partial charge on any atom is 0.325 e. The summed E-state index contributed by atoms with van der Waals surface area (Å²) in [6.45, 7) is 1.82. The van der Waals surface area contributed by atoms with E-state index in [4.69, 9.17) is 5.11 Å². The first-order chi connectivity index (χ1) is 12.0. The molecule has 0 bridgehead atoms. The molecular weight excluding hydrogens is 318 g/mol. The monoisotopic (exact) mass is 341 g/mol. The molecule has 1 aromatic heterocycles. The second-order valence-electron chi connectivity index (χ2n) is 6.70. The van der Waals surface area contributed by atoms with E-state index >= 15 is 0 Å². The molecule has 0 saturated heterocycles. The van der Waals surface area contributed by atoms with Gasteiger partial charge in [0, 0.05) is 12.3 Å². The summed E-state index contributed by atoms with van der Waals surface area (Å²) in [5.74, 6) is -0.628. The summed E-state index contributed by atoms with van der Waals surface area (Å²) in [6, 6.07) is 9.69. The summed E-state index contributed by atoms with van der Waals surface area (Å²) in [5.41, 5.74) is 1.66. The van der Waals surface area contributed by atoms with Crippen LogP contribution in [0, 0.1) is 6.92 Å². The first-order valence-electron chi connectivity index (χ1n) is 8.64. The van der Waals surface area contributed by atoms with Gasteiger partial charge in [-0.1, -0.05) is 43.5 Å². The van der Waals surface area contributed by atoms with Gasteiger partial charge in [0.15, 0.2) is 5.82 Å². The van der Waals surface area contributed by atoms with E-state index in [0.717, 1.165) is 43.2 Å². The molecule has 0 unspecified atom stereocenters. The maximum atomic E-state index is 13.2. The van der Waals surface area contributed by atoms with Crippen LogP contribution in [0.5, 0.6) is 0 Å². The van der Waals surface area contributed by atoms with Crippen LogP contribution < -0.4 is 5.32 Å². The van der Waals surface area contributed by atoms with Gasteiger partial charge in [-0.3, -0.25) is 14.3 Å². The van der Waals surface area contributed by atoms with Crippen molar-refractivity contribution in [2.75, 3.05) is 5.32 Å². The van der Waals surface area contributed by atoms with Gasteiger partial charge in [-0.05, 0) is 30.9 Å². The highest BCUT2D eigenvalue weighted by Gasteiger charge is 2.42. The number of rotatable bonds is 5. The van der Waals surface area contributed by atoms with Gasteiger partial charge in [0.1, 0.15) is 6.54 Å². The van der Waals surface area contributed by atoms with E-state index in [1.165, 1.54) is 4.68 Å². The van der Waals surface area contributed by atoms with Gasteiger partial charge in [0.2, 0.25) is 5.91 Å². The van der Waals surface area contributed by atoms with E-state index < -0.39 is 11.4 Å². The molecule has 1 heterocycles. The molecule has 1 saturated carbocycles. The number of carbonyl (C=O) groups is 2. The molecule has 0 atom stereocenters. The Balaban J connectivity index is 1.86. The number of aliphatic carboxylic acids is 1. The minimum absolute atomic E-state index is 0.0536. The lowest BCUT2D eigenvalue weighted by Gasteiger charge is -2.37. The quantitative estimate of drug-likeness (QED) is 0.875. The van der Waals surface area contributed by atoms with Crippen molar-refractivity contribution in [2.24, 2.45) is 0 Å². The molecule has 3 rings (SSSR count). The van der Waals surface area contributed by atoms with Crippen LogP contribution in [-0.2, 0) is 21.5 Å². The fraction of sp³-hybridized carbons (Fsp3) is 0.421. The van der Waals surface area contributed by atoms with Crippen molar-refractivity contribution in [3.8, 4) is 0 Å². The summed E-state index contributed by atoms with van der Waals surface area (Å²) < 4.78 is 1.30. The van der Waals surface area contributed by atoms with E-state index in [-0.39, 0.29) is 12.5 Å². The number of aromatic nitrogens is 2. The fourth-order valence-corrected chi connectivity index (χ4v) is 3.77. The van der Waals surface area contributed by atoms with Gasteiger partial charge in [-0.25, -0.2) is 0 Å². The van der Waals surface area contributed by atoms with Crippen molar-refractivity contribution in [2.45, 2.75) is 51.0 Å². The van der Waals surface area contributed by atoms with Crippen LogP contribution in [0.1, 0.15) is 43.2 Å². The molecule has 1 fully saturated rings. The van der Waals surface area contributed by atoms with E-state index in [1.807, 2.05) is 31.2 Å². The van der Waals surface area contributed by atoms with Gasteiger partial charge in [-0.2, -0.15) is 5.10 Å². The number of carboxylic acid groups (broad SMARTS) is 1. The molecular formula is C19H23N3O3. The number of hydrogen-bond donors (Lipinski definition) is 2. The summed E-state index contributed by atoms with van der Waals surface area (Å²) in [4.78, 5) is 24.0. The second-order valence-corrected chi connectivity index (χ2v) is 6.70. The van der Waals surface area contributed by atoms with Crippen LogP contribution in [0.4, 0.5) is 5.82 Å². The summed E-state index contributed by atoms with van der Waals surface area (Å²) in [6.07, 6.45) is 6.39. The van der Waals surface area contributed by atoms with Crippen molar-refractivity contribution in [3.63, 3.8) is 0 Å². The van der Waals surface area contributed by atoms with Crippen molar-refractivity contribution in [3.05, 3.63) is 47.7 Å². The van der Waals surface area contributed by atoms with Crippen LogP contribution in [0.3, 0.4) is 0 Å². The lowest BCUT2D eigenvalue weighted by atomic mass is 9.67. The Morgan fingerprint density at radius 3 is 2.60 bits per heavy atom. The Kier molecular flexibility index (Phi) is 4.88. The lowest BCUT2D eigenvalue weighted by Crippen LogP contribution is -2.42. The van der Waals surface area contributed by atoms with E-state index in [0.29, 0.717) is 5.82 Å². The highest BCUT2D eigenvalue weighted by molar-refractivity contribution is 5.98. The van der Waals surface area contributed by atoms with Crippen LogP contribution in [0.2, 0.25) is 0 Å². The fourth-order valence-electron chi connectivity index (χ4n) is 3.77. The molecule has 1 aromatic carbocycles. The van der Waals surface area contributed by atoms with Crippen molar-refractivity contribution in [1.29, 1.82) is 0 Å². The normalized spacial score (nSPS) is 16.4. The third kappa shape index (κ3) is 3.57. The Bertz CT molecular complexity index is 776. The van der Waals surface area contributed by atoms with Gasteiger partial charge >= 0.3 is 5.97 Å². The molecule has 1 aliphatic rings. The Morgan fingerprint density at radius 2 is 1.92 bits per heavy atom. The molecule has 0 spiro atoms. The van der Waals surface area contributed by atoms with Crippen LogP contribution in [0.15, 0.2) is 36.5 Å². The molecule has 132 valence electrons. The maximum absolute atomic E-state index is 13.2. The van der Waals surface area contributed by atoms with Crippen LogP contribution >= 0.6 is 0 Å². The zero-order valence-corrected chi connectivity index (χ0v) is 14.4. The first-order valence-corrected chi connectivity index (χ1v) is 8.64. The molecule has 1 amide bonds. The number of carbonyl (C=O) groups excluding carboxylic acids is 1. The smallest absolute Gasteiger partial charge is 0.325 e. The second kappa shape index (κ2) is 7.09. The largest absolute Gasteiger partial charge is 0.480 e. The lowest BCUT2D eigenvalue weighted by molar-refractivity contribution is -0.137. The van der Waals surface area contributed by atoms with Crippen molar-refractivity contribution >= 4 is 17.7 Å². The molecule has 6 heteroatoms. The number of hydrogen-bond acceptors (Lipinski definition) is 3. The zero-order valence-electron chi connectivity index (χ0n) is 14.4. The van der Waals surface area contributed by atoms with Crippen molar-refractivity contribution < 1.29 is 14.7 Å². The predicted molar refractivity (Wildman–Crippen MR) is 94.4 cm³/mol. The number of carboxylic acids is 1. The third-order valence-electron chi connectivity index (χ3n) is 4.98. The van der Waals surface area contributed by atoms with Crippen LogP contribution in [0.25, 0.3) is 0 Å². The summed E-state index contributed by atoms with van der Waals surface area (Å²) in [5, 5.41) is 15.9. The highest BCUT2D eigenvalue weighted by atomic mass is 16.4. The zero-order chi connectivity index (χ0) is 17.9. The van der Waals surface area contributed by atoms with Gasteiger partial charge in [0.05, 0.1) is 5.41 Å². The third-order valence-corrected chi connectivity index (χ3v) is 4.98. The summed E-state index contributed by atoms with van der Waals surface area (Å²) >= 11 is 0. The molecule has 2 N–H and O–H groups in total. The van der Waals surface area contributed by atoms with Crippen molar-refractivity contribution in [1.82, 2.24) is 9.78 Å². The minimum atomic E-state index is -0.968. The first kappa shape index (κ1) is 17.2. The topological polar surface area (TPSA) is 84.2 Å². The van der Waals surface area contributed by atoms with Crippen LogP contribution in [-0.4, -0.2) is 26.8 Å². The molecule has 0 radical (unpaired) electrons. The number of benzene rings is 1. The van der Waals surface area contributed by atoms with E-state index in [1.54, 1.807) is 12.3 Å². The Hall–Kier alpha value is -2.63. The Labute approximate surface area is 146 Å². The minimum Gasteiger partial charge on any atom is -0.480 e. The number of nitrogens with one attached hydrogen (secondary N) is 1. The molecule has 0 aliphatic heterocycles. The number of anilines is 1. The highest BCUT2D eigenvalue weighted by Crippen LogP contribution is 2.41. The summed E-state index contributed by atoms with van der Waals surface area (Å²) in [7, 11) is 0. The van der Waals surface area contributed by atoms with E-state index in [9.17, 15) is 9.59 Å². The van der Waals surface area contributed by atoms with E-state index in [2.05, 4.69) is 10.4 Å². The average molecular weight is 341 g/mol. The van der Waals surface area contributed by atoms with Gasteiger partial charge in [-0.15, -0.1) is 0 Å². The predicted octanol–water partition coefficient (Wildman–Crippen LogP) is 3.12. The molecule has 1 aliphatic carbocycles. The van der Waals surface area contributed by atoms with Gasteiger partial charge in [0.25, 0.3) is 0 Å². The Morgan fingerprint density at radius 1 is 1.20 bits per heavy atom. The number of nitrogens with zero attached hydrogens (tertiary/aromatic N) is 2.